The van der Waals surface area contributed by atoms with E-state index in [1.165, 1.54) is 77.4 Å². The highest BCUT2D eigenvalue weighted by Gasteiger charge is 2.42. The van der Waals surface area contributed by atoms with Crippen molar-refractivity contribution in [1.29, 1.82) is 0 Å². The van der Waals surface area contributed by atoms with Gasteiger partial charge in [-0.25, -0.2) is 9.97 Å². The van der Waals surface area contributed by atoms with Crippen molar-refractivity contribution in [2.24, 2.45) is 0 Å². The van der Waals surface area contributed by atoms with Crippen LogP contribution in [0, 0.1) is 0 Å². The van der Waals surface area contributed by atoms with Crippen molar-refractivity contribution >= 4 is 21.5 Å². The minimum absolute atomic E-state index is 0.140. The monoisotopic (exact) mass is 778 g/mol. The van der Waals surface area contributed by atoms with Gasteiger partial charge in [0.2, 0.25) is 0 Å². The van der Waals surface area contributed by atoms with Gasteiger partial charge in [0, 0.05) is 27.5 Å². The molecule has 0 amide bonds. The largest absolute Gasteiger partial charge is 0.228 e. The van der Waals surface area contributed by atoms with E-state index in [4.69, 9.17) is 9.97 Å². The van der Waals surface area contributed by atoms with Crippen molar-refractivity contribution in [3.63, 3.8) is 0 Å². The Kier molecular flexibility index (Phi) is 7.74. The molecule has 1 heterocycles. The van der Waals surface area contributed by atoms with E-state index in [1.807, 2.05) is 6.07 Å². The Morgan fingerprint density at radius 1 is 0.361 bits per heavy atom. The predicted octanol–water partition coefficient (Wildman–Crippen LogP) is 15.1. The van der Waals surface area contributed by atoms with Gasteiger partial charge >= 0.3 is 0 Å². The van der Waals surface area contributed by atoms with Gasteiger partial charge in [-0.2, -0.15) is 0 Å². The summed E-state index contributed by atoms with van der Waals surface area (Å²) in [6, 6.07) is 73.1. The summed E-state index contributed by atoms with van der Waals surface area (Å²) in [5.74, 6) is 0.712. The van der Waals surface area contributed by atoms with Gasteiger partial charge in [0.25, 0.3) is 0 Å². The first-order valence-corrected chi connectivity index (χ1v) is 21.3. The SMILES string of the molecule is CC1(C)c2cc(-c3ccc(-c4cc(-c5cccc6c5-c5ccccc5C6(C)c5ccccc5)nc(-c5ccccc5)n4)c4ccccc34)ccc2-c2ccc3ccccc3c21. The van der Waals surface area contributed by atoms with Crippen LogP contribution in [-0.4, -0.2) is 9.97 Å². The molecule has 1 aromatic heterocycles. The molecule has 288 valence electrons. The second-order valence-corrected chi connectivity index (χ2v) is 17.4. The van der Waals surface area contributed by atoms with Gasteiger partial charge < -0.3 is 0 Å². The molecule has 0 spiro atoms. The summed E-state index contributed by atoms with van der Waals surface area (Å²) in [7, 11) is 0. The van der Waals surface area contributed by atoms with E-state index in [1.54, 1.807) is 0 Å². The average Bonchev–Trinajstić information content (AvgIpc) is 3.73. The summed E-state index contributed by atoms with van der Waals surface area (Å²) in [5, 5.41) is 5.00. The van der Waals surface area contributed by atoms with Crippen LogP contribution in [0.3, 0.4) is 0 Å². The third-order valence-electron chi connectivity index (χ3n) is 13.8. The molecular weight excluding hydrogens is 737 g/mol. The molecule has 0 bridgehead atoms. The first-order chi connectivity index (χ1) is 29.9. The molecule has 1 atom stereocenters. The molecule has 0 radical (unpaired) electrons. The van der Waals surface area contributed by atoms with E-state index < -0.39 is 0 Å². The Morgan fingerprint density at radius 2 is 0.951 bits per heavy atom. The third kappa shape index (κ3) is 5.22. The van der Waals surface area contributed by atoms with Gasteiger partial charge in [-0.05, 0) is 102 Å². The molecule has 2 nitrogen and oxygen atoms in total. The Labute approximate surface area is 356 Å². The lowest BCUT2D eigenvalue weighted by atomic mass is 9.74. The molecule has 0 aliphatic heterocycles. The number of benzene rings is 9. The first-order valence-electron chi connectivity index (χ1n) is 21.3. The fraction of sp³-hybridized carbons (Fsp3) is 0.0847. The molecular formula is C59H42N2. The number of nitrogens with zero attached hydrogens (tertiary/aromatic N) is 2. The molecule has 2 aliphatic rings. The molecule has 9 aromatic carbocycles. The maximum Gasteiger partial charge on any atom is 0.160 e. The molecule has 61 heavy (non-hydrogen) atoms. The number of aromatic nitrogens is 2. The number of hydrogen-bond donors (Lipinski definition) is 0. The molecule has 0 N–H and O–H groups in total. The lowest BCUT2D eigenvalue weighted by molar-refractivity contribution is 0.666. The van der Waals surface area contributed by atoms with Crippen molar-refractivity contribution in [1.82, 2.24) is 9.97 Å². The van der Waals surface area contributed by atoms with Gasteiger partial charge in [-0.3, -0.25) is 0 Å². The normalized spacial score (nSPS) is 15.7. The Hall–Kier alpha value is -7.42. The van der Waals surface area contributed by atoms with Crippen LogP contribution in [0.5, 0.6) is 0 Å². The molecule has 2 aliphatic carbocycles. The van der Waals surface area contributed by atoms with Crippen molar-refractivity contribution in [2.75, 3.05) is 0 Å². The summed E-state index contributed by atoms with van der Waals surface area (Å²) in [6.07, 6.45) is 0. The van der Waals surface area contributed by atoms with Crippen molar-refractivity contribution < 1.29 is 0 Å². The van der Waals surface area contributed by atoms with Crippen LogP contribution in [0.2, 0.25) is 0 Å². The van der Waals surface area contributed by atoms with E-state index in [0.29, 0.717) is 5.82 Å². The van der Waals surface area contributed by atoms with E-state index in [2.05, 4.69) is 215 Å². The Morgan fingerprint density at radius 3 is 1.75 bits per heavy atom. The molecule has 12 rings (SSSR count). The summed E-state index contributed by atoms with van der Waals surface area (Å²) in [4.78, 5) is 10.8. The second-order valence-electron chi connectivity index (χ2n) is 17.4. The summed E-state index contributed by atoms with van der Waals surface area (Å²) < 4.78 is 0. The highest BCUT2D eigenvalue weighted by molar-refractivity contribution is 6.06. The molecule has 0 saturated carbocycles. The van der Waals surface area contributed by atoms with Crippen molar-refractivity contribution in [3.05, 3.63) is 228 Å². The van der Waals surface area contributed by atoms with Crippen LogP contribution >= 0.6 is 0 Å². The topological polar surface area (TPSA) is 25.8 Å². The van der Waals surface area contributed by atoms with E-state index in [-0.39, 0.29) is 10.8 Å². The van der Waals surface area contributed by atoms with E-state index in [0.717, 1.165) is 33.5 Å². The zero-order chi connectivity index (χ0) is 40.9. The summed E-state index contributed by atoms with van der Waals surface area (Å²) in [6.45, 7) is 7.14. The molecule has 0 fully saturated rings. The van der Waals surface area contributed by atoms with Crippen LogP contribution < -0.4 is 0 Å². The maximum absolute atomic E-state index is 5.39. The summed E-state index contributed by atoms with van der Waals surface area (Å²) in [5.41, 5.74) is 18.8. The quantitative estimate of drug-likeness (QED) is 0.174. The maximum atomic E-state index is 5.39. The standard InChI is InChI=1S/C59H42N2/c1-58(2)52-35-39(30-31-45(52)47-32-29-37-17-10-11-22-42(37)56(47)58)41-33-34-46(44-24-13-12-23-43(41)44)53-36-54(61-57(60-53)38-18-6-4-7-19-38)49-26-16-28-51-55(49)48-25-14-15-27-50(48)59(51,3)40-20-8-5-9-21-40/h4-36H,1-3H3. The molecule has 1 unspecified atom stereocenters. The van der Waals surface area contributed by atoms with Gasteiger partial charge in [0.1, 0.15) is 0 Å². The van der Waals surface area contributed by atoms with Gasteiger partial charge in [0.05, 0.1) is 11.4 Å². The fourth-order valence-corrected chi connectivity index (χ4v) is 10.8. The summed E-state index contributed by atoms with van der Waals surface area (Å²) >= 11 is 0. The van der Waals surface area contributed by atoms with Crippen LogP contribution in [0.4, 0.5) is 0 Å². The zero-order valence-corrected chi connectivity index (χ0v) is 34.4. The van der Waals surface area contributed by atoms with Crippen molar-refractivity contribution in [3.8, 4) is 67.3 Å². The van der Waals surface area contributed by atoms with E-state index >= 15 is 0 Å². The van der Waals surface area contributed by atoms with Gasteiger partial charge in [-0.15, -0.1) is 0 Å². The van der Waals surface area contributed by atoms with Gasteiger partial charge in [0.15, 0.2) is 5.82 Å². The first kappa shape index (κ1) is 35.5. The fourth-order valence-electron chi connectivity index (χ4n) is 10.8. The number of hydrogen-bond acceptors (Lipinski definition) is 2. The lowest BCUT2D eigenvalue weighted by Crippen LogP contribution is -2.22. The third-order valence-corrected chi connectivity index (χ3v) is 13.8. The van der Waals surface area contributed by atoms with Gasteiger partial charge in [-0.1, -0.05) is 202 Å². The van der Waals surface area contributed by atoms with Crippen LogP contribution in [0.1, 0.15) is 48.6 Å². The lowest BCUT2D eigenvalue weighted by Gasteiger charge is -2.28. The molecule has 2 heteroatoms. The van der Waals surface area contributed by atoms with E-state index in [9.17, 15) is 0 Å². The van der Waals surface area contributed by atoms with Crippen LogP contribution in [0.25, 0.3) is 88.8 Å². The molecule has 10 aromatic rings. The Bertz CT molecular complexity index is 3400. The average molecular weight is 779 g/mol. The molecule has 0 saturated heterocycles. The second kappa shape index (κ2) is 13.3. The predicted molar refractivity (Wildman–Crippen MR) is 254 cm³/mol. The number of fused-ring (bicyclic) bond motifs is 9. The minimum atomic E-state index is -0.309. The Balaban J connectivity index is 1.03. The zero-order valence-electron chi connectivity index (χ0n) is 34.4. The van der Waals surface area contributed by atoms with Crippen LogP contribution in [0.15, 0.2) is 200 Å². The minimum Gasteiger partial charge on any atom is -0.228 e. The smallest absolute Gasteiger partial charge is 0.160 e. The number of rotatable bonds is 5. The highest BCUT2D eigenvalue weighted by Crippen LogP contribution is 2.56. The highest BCUT2D eigenvalue weighted by atomic mass is 14.9. The van der Waals surface area contributed by atoms with Crippen LogP contribution in [-0.2, 0) is 10.8 Å². The van der Waals surface area contributed by atoms with Crippen molar-refractivity contribution in [2.45, 2.75) is 31.6 Å².